The fourth-order valence-corrected chi connectivity index (χ4v) is 1.12. The fourth-order valence-electron chi connectivity index (χ4n) is 1.12. The van der Waals surface area contributed by atoms with Gasteiger partial charge in [0, 0.05) is 6.04 Å². The zero-order valence-electron chi connectivity index (χ0n) is 7.88. The van der Waals surface area contributed by atoms with Gasteiger partial charge in [-0.15, -0.1) is 12.4 Å². The van der Waals surface area contributed by atoms with Gasteiger partial charge in [0.1, 0.15) is 0 Å². The molecule has 0 amide bonds. The lowest BCUT2D eigenvalue weighted by Crippen LogP contribution is -2.25. The van der Waals surface area contributed by atoms with Crippen molar-refractivity contribution >= 4 is 18.4 Å². The highest BCUT2D eigenvalue weighted by atomic mass is 35.5. The molecule has 0 fully saturated rings. The first-order chi connectivity index (χ1) is 6.13. The number of rotatable bonds is 3. The molecule has 14 heavy (non-hydrogen) atoms. The Labute approximate surface area is 89.3 Å². The molecule has 0 heterocycles. The van der Waals surface area contributed by atoms with Gasteiger partial charge in [-0.25, -0.2) is 0 Å². The molecular formula is C10H14ClNO2. The van der Waals surface area contributed by atoms with Gasteiger partial charge >= 0.3 is 5.97 Å². The van der Waals surface area contributed by atoms with E-state index >= 15 is 0 Å². The molecule has 0 aliphatic rings. The van der Waals surface area contributed by atoms with Gasteiger partial charge in [-0.1, -0.05) is 37.3 Å². The summed E-state index contributed by atoms with van der Waals surface area (Å²) in [7, 11) is 0. The van der Waals surface area contributed by atoms with Crippen LogP contribution in [-0.2, 0) is 4.79 Å². The summed E-state index contributed by atoms with van der Waals surface area (Å²) in [6.07, 6.45) is 0. The quantitative estimate of drug-likeness (QED) is 0.809. The van der Waals surface area contributed by atoms with Crippen molar-refractivity contribution < 1.29 is 9.90 Å². The minimum absolute atomic E-state index is 0. The van der Waals surface area contributed by atoms with E-state index in [0.29, 0.717) is 0 Å². The summed E-state index contributed by atoms with van der Waals surface area (Å²) in [5.41, 5.74) is 6.62. The number of carboxylic acid groups (broad SMARTS) is 1. The monoisotopic (exact) mass is 215 g/mol. The van der Waals surface area contributed by atoms with Crippen molar-refractivity contribution in [3.05, 3.63) is 35.9 Å². The maximum Gasteiger partial charge on any atom is 0.308 e. The van der Waals surface area contributed by atoms with E-state index in [1.165, 1.54) is 0 Å². The Kier molecular flexibility index (Phi) is 5.20. The van der Waals surface area contributed by atoms with Crippen molar-refractivity contribution in [1.29, 1.82) is 0 Å². The molecule has 0 radical (unpaired) electrons. The third kappa shape index (κ3) is 3.01. The van der Waals surface area contributed by atoms with Crippen LogP contribution in [0, 0.1) is 5.92 Å². The first-order valence-electron chi connectivity index (χ1n) is 4.16. The minimum atomic E-state index is -0.864. The molecule has 0 unspecified atom stereocenters. The minimum Gasteiger partial charge on any atom is -0.481 e. The Bertz CT molecular complexity index is 289. The predicted octanol–water partition coefficient (Wildman–Crippen LogP) is 1.83. The number of carboxylic acids is 1. The van der Waals surface area contributed by atoms with Crippen LogP contribution in [0.25, 0.3) is 0 Å². The highest BCUT2D eigenvalue weighted by Gasteiger charge is 2.20. The van der Waals surface area contributed by atoms with Gasteiger partial charge in [-0.3, -0.25) is 4.79 Å². The summed E-state index contributed by atoms with van der Waals surface area (Å²) in [4.78, 5) is 10.6. The topological polar surface area (TPSA) is 63.3 Å². The Morgan fingerprint density at radius 2 is 1.86 bits per heavy atom. The first-order valence-corrected chi connectivity index (χ1v) is 4.16. The molecule has 0 aromatic heterocycles. The molecule has 1 rings (SSSR count). The number of hydrogen-bond donors (Lipinski definition) is 2. The Morgan fingerprint density at radius 1 is 1.36 bits per heavy atom. The molecular weight excluding hydrogens is 202 g/mol. The summed E-state index contributed by atoms with van der Waals surface area (Å²) < 4.78 is 0. The van der Waals surface area contributed by atoms with E-state index in [1.807, 2.05) is 30.3 Å². The van der Waals surface area contributed by atoms with Crippen LogP contribution in [0.4, 0.5) is 0 Å². The van der Waals surface area contributed by atoms with Gasteiger partial charge in [0.2, 0.25) is 0 Å². The van der Waals surface area contributed by atoms with Crippen LogP contribution in [-0.4, -0.2) is 11.1 Å². The molecule has 0 aliphatic carbocycles. The predicted molar refractivity (Wildman–Crippen MR) is 57.4 cm³/mol. The number of aliphatic carboxylic acids is 1. The normalized spacial score (nSPS) is 13.9. The van der Waals surface area contributed by atoms with Crippen molar-refractivity contribution in [2.75, 3.05) is 0 Å². The van der Waals surface area contributed by atoms with Gasteiger partial charge < -0.3 is 10.8 Å². The highest BCUT2D eigenvalue weighted by Crippen LogP contribution is 2.18. The van der Waals surface area contributed by atoms with Gasteiger partial charge in [-0.2, -0.15) is 0 Å². The highest BCUT2D eigenvalue weighted by molar-refractivity contribution is 5.85. The number of halogens is 1. The van der Waals surface area contributed by atoms with Crippen LogP contribution in [0.5, 0.6) is 0 Å². The van der Waals surface area contributed by atoms with E-state index in [-0.39, 0.29) is 12.4 Å². The van der Waals surface area contributed by atoms with Crippen molar-refractivity contribution in [2.24, 2.45) is 11.7 Å². The maximum atomic E-state index is 10.6. The summed E-state index contributed by atoms with van der Waals surface area (Å²) in [6, 6.07) is 8.82. The van der Waals surface area contributed by atoms with E-state index in [2.05, 4.69) is 0 Å². The summed E-state index contributed by atoms with van der Waals surface area (Å²) in [6.45, 7) is 1.61. The van der Waals surface area contributed by atoms with Gasteiger partial charge in [0.05, 0.1) is 5.92 Å². The second-order valence-electron chi connectivity index (χ2n) is 3.06. The lowest BCUT2D eigenvalue weighted by Gasteiger charge is -2.15. The summed E-state index contributed by atoms with van der Waals surface area (Å²) >= 11 is 0. The summed E-state index contributed by atoms with van der Waals surface area (Å²) in [5, 5.41) is 8.73. The third-order valence-electron chi connectivity index (χ3n) is 2.11. The van der Waals surface area contributed by atoms with E-state index in [9.17, 15) is 4.79 Å². The largest absolute Gasteiger partial charge is 0.481 e. The SMILES string of the molecule is C[C@@H](C(=O)O)[C@@H](N)c1ccccc1.Cl. The van der Waals surface area contributed by atoms with E-state index in [0.717, 1.165) is 5.56 Å². The van der Waals surface area contributed by atoms with E-state index in [4.69, 9.17) is 10.8 Å². The smallest absolute Gasteiger partial charge is 0.308 e. The standard InChI is InChI=1S/C10H13NO2.ClH/c1-7(10(12)13)9(11)8-5-3-2-4-6-8;/h2-7,9H,11H2,1H3,(H,12,13);1H/t7-,9-;/m1./s1. The Morgan fingerprint density at radius 3 is 2.29 bits per heavy atom. The van der Waals surface area contributed by atoms with Crippen LogP contribution < -0.4 is 5.73 Å². The van der Waals surface area contributed by atoms with Crippen LogP contribution in [0.2, 0.25) is 0 Å². The number of benzene rings is 1. The molecule has 0 saturated carbocycles. The molecule has 0 saturated heterocycles. The second-order valence-corrected chi connectivity index (χ2v) is 3.06. The average Bonchev–Trinajstić information content (AvgIpc) is 2.17. The molecule has 78 valence electrons. The zero-order chi connectivity index (χ0) is 9.84. The lowest BCUT2D eigenvalue weighted by atomic mass is 9.96. The molecule has 2 atom stereocenters. The van der Waals surface area contributed by atoms with Crippen molar-refractivity contribution in [1.82, 2.24) is 0 Å². The molecule has 4 heteroatoms. The molecule has 0 aliphatic heterocycles. The van der Waals surface area contributed by atoms with Gasteiger partial charge in [0.15, 0.2) is 0 Å². The lowest BCUT2D eigenvalue weighted by molar-refractivity contribution is -0.141. The van der Waals surface area contributed by atoms with Gasteiger partial charge in [0.25, 0.3) is 0 Å². The molecule has 1 aromatic rings. The third-order valence-corrected chi connectivity index (χ3v) is 2.11. The van der Waals surface area contributed by atoms with Gasteiger partial charge in [-0.05, 0) is 5.56 Å². The average molecular weight is 216 g/mol. The van der Waals surface area contributed by atoms with E-state index in [1.54, 1.807) is 6.92 Å². The number of carbonyl (C=O) groups is 1. The molecule has 0 spiro atoms. The Hall–Kier alpha value is -1.06. The molecule has 0 bridgehead atoms. The van der Waals surface area contributed by atoms with Crippen molar-refractivity contribution in [3.63, 3.8) is 0 Å². The first kappa shape index (κ1) is 12.9. The van der Waals surface area contributed by atoms with Crippen LogP contribution in [0.3, 0.4) is 0 Å². The molecule has 3 N–H and O–H groups in total. The number of hydrogen-bond acceptors (Lipinski definition) is 2. The van der Waals surface area contributed by atoms with Crippen LogP contribution in [0.1, 0.15) is 18.5 Å². The Balaban J connectivity index is 0.00000169. The van der Waals surface area contributed by atoms with Crippen molar-refractivity contribution in [2.45, 2.75) is 13.0 Å². The van der Waals surface area contributed by atoms with E-state index < -0.39 is 17.9 Å². The van der Waals surface area contributed by atoms with Crippen LogP contribution >= 0.6 is 12.4 Å². The second kappa shape index (κ2) is 5.62. The number of nitrogens with two attached hydrogens (primary N) is 1. The maximum absolute atomic E-state index is 10.6. The molecule has 1 aromatic carbocycles. The fraction of sp³-hybridized carbons (Fsp3) is 0.300. The van der Waals surface area contributed by atoms with Crippen LogP contribution in [0.15, 0.2) is 30.3 Å². The molecule has 3 nitrogen and oxygen atoms in total. The summed E-state index contributed by atoms with van der Waals surface area (Å²) in [5.74, 6) is -1.42. The van der Waals surface area contributed by atoms with Crippen molar-refractivity contribution in [3.8, 4) is 0 Å². The zero-order valence-corrected chi connectivity index (χ0v) is 8.70.